The van der Waals surface area contributed by atoms with E-state index < -0.39 is 21.4 Å². The van der Waals surface area contributed by atoms with Crippen LogP contribution in [-0.4, -0.2) is 76.3 Å². The summed E-state index contributed by atoms with van der Waals surface area (Å²) in [4.78, 5) is 16.5. The lowest BCUT2D eigenvalue weighted by Gasteiger charge is -2.23. The number of nitrogens with one attached hydrogen (secondary N) is 1. The van der Waals surface area contributed by atoms with Crippen molar-refractivity contribution in [3.8, 4) is 17.4 Å². The van der Waals surface area contributed by atoms with Crippen LogP contribution in [0.15, 0.2) is 18.7 Å². The van der Waals surface area contributed by atoms with Crippen molar-refractivity contribution in [1.82, 2.24) is 34.7 Å². The third-order valence-corrected chi connectivity index (χ3v) is 6.80. The van der Waals surface area contributed by atoms with Crippen LogP contribution in [-0.2, 0) is 26.1 Å². The highest BCUT2D eigenvalue weighted by Gasteiger charge is 2.35. The van der Waals surface area contributed by atoms with Crippen LogP contribution < -0.4 is 14.2 Å². The zero-order valence-electron chi connectivity index (χ0n) is 20.4. The Hall–Kier alpha value is -3.14. The summed E-state index contributed by atoms with van der Waals surface area (Å²) >= 11 is 5.90. The van der Waals surface area contributed by atoms with Gasteiger partial charge in [0.1, 0.15) is 24.3 Å². The first-order chi connectivity index (χ1) is 17.3. The normalized spacial score (nSPS) is 13.3. The van der Waals surface area contributed by atoms with Gasteiger partial charge in [0, 0.05) is 26.1 Å². The summed E-state index contributed by atoms with van der Waals surface area (Å²) in [5.41, 5.74) is 0.185. The van der Waals surface area contributed by atoms with Gasteiger partial charge < -0.3 is 18.9 Å². The Balaban J connectivity index is 2.05. The molecule has 0 aromatic carbocycles. The number of aromatic nitrogens is 7. The SMILES string of the molecule is CCCO[C@@H](c1ncc(Cl)cn1)[C@H](C)S(=O)(=O)Nc1nnc(COC)n1-c1c(OC)ncnc1OC. The van der Waals surface area contributed by atoms with Gasteiger partial charge in [0.15, 0.2) is 17.3 Å². The number of methoxy groups -OCH3 is 3. The molecular formula is C20H27ClN8O6S. The maximum atomic E-state index is 13.5. The summed E-state index contributed by atoms with van der Waals surface area (Å²) in [5, 5.41) is 7.26. The van der Waals surface area contributed by atoms with Gasteiger partial charge in [0.05, 0.1) is 19.2 Å². The van der Waals surface area contributed by atoms with Crippen LogP contribution in [0.25, 0.3) is 5.69 Å². The Morgan fingerprint density at radius 3 is 2.25 bits per heavy atom. The van der Waals surface area contributed by atoms with E-state index >= 15 is 0 Å². The predicted molar refractivity (Wildman–Crippen MR) is 129 cm³/mol. The first-order valence-electron chi connectivity index (χ1n) is 10.7. The first kappa shape index (κ1) is 27.4. The molecule has 0 unspecified atom stereocenters. The minimum Gasteiger partial charge on any atom is -0.479 e. The molecular weight excluding hydrogens is 516 g/mol. The van der Waals surface area contributed by atoms with Crippen LogP contribution >= 0.6 is 11.6 Å². The Labute approximate surface area is 213 Å². The van der Waals surface area contributed by atoms with Gasteiger partial charge in [-0.3, -0.25) is 9.29 Å². The van der Waals surface area contributed by atoms with E-state index in [4.69, 9.17) is 30.5 Å². The number of sulfonamides is 1. The average molecular weight is 543 g/mol. The fraction of sp³-hybridized carbons (Fsp3) is 0.500. The van der Waals surface area contributed by atoms with Crippen molar-refractivity contribution in [2.45, 2.75) is 38.2 Å². The van der Waals surface area contributed by atoms with Crippen LogP contribution in [0.3, 0.4) is 0 Å². The maximum Gasteiger partial charge on any atom is 0.245 e. The molecule has 0 aliphatic carbocycles. The standard InChI is InChI=1S/C20H27ClN8O6S/c1-6-7-35-16(17-22-8-13(21)9-23-17)12(2)36(30,31)28-20-27-26-14(10-32-3)29(20)15-18(33-4)24-11-25-19(15)34-5/h8-9,11-12,16H,6-7,10H2,1-5H3,(H,27,28)/t12-,16+/m0/s1. The van der Waals surface area contributed by atoms with Gasteiger partial charge >= 0.3 is 0 Å². The molecule has 0 radical (unpaired) electrons. The zero-order chi connectivity index (χ0) is 26.3. The Kier molecular flexibility index (Phi) is 9.31. The maximum absolute atomic E-state index is 13.5. The Morgan fingerprint density at radius 2 is 1.69 bits per heavy atom. The van der Waals surface area contributed by atoms with Gasteiger partial charge in [-0.25, -0.2) is 18.4 Å². The van der Waals surface area contributed by atoms with Crippen LogP contribution in [0.4, 0.5) is 5.95 Å². The van der Waals surface area contributed by atoms with E-state index in [1.165, 1.54) is 51.5 Å². The summed E-state index contributed by atoms with van der Waals surface area (Å²) < 4.78 is 52.6. The zero-order valence-corrected chi connectivity index (χ0v) is 21.9. The molecule has 0 amide bonds. The van der Waals surface area contributed by atoms with Crippen molar-refractivity contribution in [3.05, 3.63) is 35.4 Å². The Bertz CT molecular complexity index is 1240. The Morgan fingerprint density at radius 1 is 1.06 bits per heavy atom. The van der Waals surface area contributed by atoms with E-state index in [1.54, 1.807) is 0 Å². The van der Waals surface area contributed by atoms with Crippen LogP contribution in [0, 0.1) is 0 Å². The van der Waals surface area contributed by atoms with E-state index in [-0.39, 0.29) is 41.7 Å². The molecule has 36 heavy (non-hydrogen) atoms. The average Bonchev–Trinajstić information content (AvgIpc) is 3.25. The molecule has 0 aliphatic rings. The lowest BCUT2D eigenvalue weighted by Crippen LogP contribution is -2.34. The topological polar surface area (TPSA) is 165 Å². The van der Waals surface area contributed by atoms with E-state index in [9.17, 15) is 8.42 Å². The third-order valence-electron chi connectivity index (χ3n) is 4.91. The molecule has 0 aliphatic heterocycles. The second-order valence-corrected chi connectivity index (χ2v) is 9.83. The fourth-order valence-corrected chi connectivity index (χ4v) is 4.39. The molecule has 1 N–H and O–H groups in total. The smallest absolute Gasteiger partial charge is 0.245 e. The highest BCUT2D eigenvalue weighted by atomic mass is 35.5. The lowest BCUT2D eigenvalue weighted by atomic mass is 10.2. The monoisotopic (exact) mass is 542 g/mol. The van der Waals surface area contributed by atoms with Crippen molar-refractivity contribution in [1.29, 1.82) is 0 Å². The molecule has 14 nitrogen and oxygen atoms in total. The molecule has 0 spiro atoms. The van der Waals surface area contributed by atoms with Gasteiger partial charge in [-0.2, -0.15) is 9.97 Å². The number of ether oxygens (including phenoxy) is 4. The molecule has 3 aromatic rings. The van der Waals surface area contributed by atoms with Gasteiger partial charge in [0.2, 0.25) is 27.7 Å². The minimum absolute atomic E-state index is 0.00760. The van der Waals surface area contributed by atoms with Crippen LogP contribution in [0.1, 0.15) is 38.0 Å². The van der Waals surface area contributed by atoms with Crippen molar-refractivity contribution >= 4 is 27.6 Å². The van der Waals surface area contributed by atoms with Crippen molar-refractivity contribution in [2.24, 2.45) is 0 Å². The summed E-state index contributed by atoms with van der Waals surface area (Å²) in [7, 11) is 0.118. The largest absolute Gasteiger partial charge is 0.479 e. The number of nitrogens with zero attached hydrogens (tertiary/aromatic N) is 7. The number of hydrogen-bond donors (Lipinski definition) is 1. The number of anilines is 1. The third kappa shape index (κ3) is 5.98. The molecule has 2 atom stereocenters. The highest BCUT2D eigenvalue weighted by Crippen LogP contribution is 2.33. The van der Waals surface area contributed by atoms with Crippen molar-refractivity contribution in [2.75, 3.05) is 32.7 Å². The lowest BCUT2D eigenvalue weighted by molar-refractivity contribution is 0.0466. The number of rotatable bonds is 13. The molecule has 0 fully saturated rings. The first-order valence-corrected chi connectivity index (χ1v) is 12.7. The summed E-state index contributed by atoms with van der Waals surface area (Å²) in [5.74, 6) is 0.463. The second-order valence-electron chi connectivity index (χ2n) is 7.35. The molecule has 0 bridgehead atoms. The predicted octanol–water partition coefficient (Wildman–Crippen LogP) is 1.96. The molecule has 0 saturated heterocycles. The van der Waals surface area contributed by atoms with Crippen LogP contribution in [0.5, 0.6) is 11.8 Å². The number of hydrogen-bond acceptors (Lipinski definition) is 12. The number of halogens is 1. The van der Waals surface area contributed by atoms with Gasteiger partial charge in [-0.15, -0.1) is 10.2 Å². The quantitative estimate of drug-likeness (QED) is 0.334. The molecule has 0 saturated carbocycles. The van der Waals surface area contributed by atoms with Gasteiger partial charge in [-0.05, 0) is 13.3 Å². The minimum atomic E-state index is -4.15. The molecule has 3 rings (SSSR count). The van der Waals surface area contributed by atoms with E-state index in [2.05, 4.69) is 34.9 Å². The van der Waals surface area contributed by atoms with Crippen molar-refractivity contribution in [3.63, 3.8) is 0 Å². The molecule has 16 heteroatoms. The van der Waals surface area contributed by atoms with E-state index in [1.807, 2.05) is 6.92 Å². The second kappa shape index (κ2) is 12.2. The molecule has 3 aromatic heterocycles. The summed E-state index contributed by atoms with van der Waals surface area (Å²) in [6, 6.07) is 0. The van der Waals surface area contributed by atoms with Crippen molar-refractivity contribution < 1.29 is 27.4 Å². The molecule has 3 heterocycles. The fourth-order valence-electron chi connectivity index (χ4n) is 3.19. The highest BCUT2D eigenvalue weighted by molar-refractivity contribution is 7.93. The summed E-state index contributed by atoms with van der Waals surface area (Å²) in [6.07, 6.45) is 3.67. The summed E-state index contributed by atoms with van der Waals surface area (Å²) in [6.45, 7) is 3.66. The van der Waals surface area contributed by atoms with E-state index in [0.717, 1.165) is 0 Å². The van der Waals surface area contributed by atoms with Gasteiger partial charge in [0.25, 0.3) is 0 Å². The molecule has 196 valence electrons. The van der Waals surface area contributed by atoms with Gasteiger partial charge in [-0.1, -0.05) is 18.5 Å². The van der Waals surface area contributed by atoms with E-state index in [0.29, 0.717) is 18.1 Å². The van der Waals surface area contributed by atoms with Crippen LogP contribution in [0.2, 0.25) is 5.02 Å².